The Kier molecular flexibility index (Phi) is 5.66. The number of amides is 1. The molecule has 130 valence electrons. The number of oxime groups is 1. The van der Waals surface area contributed by atoms with E-state index in [0.717, 1.165) is 49.9 Å². The maximum Gasteiger partial charge on any atom is 0.264 e. The van der Waals surface area contributed by atoms with Gasteiger partial charge in [0.15, 0.2) is 0 Å². The van der Waals surface area contributed by atoms with Gasteiger partial charge in [0.1, 0.15) is 5.75 Å². The van der Waals surface area contributed by atoms with Gasteiger partial charge in [-0.05, 0) is 12.1 Å². The highest BCUT2D eigenvalue weighted by atomic mass is 16.6. The summed E-state index contributed by atoms with van der Waals surface area (Å²) in [5, 5.41) is 6.99. The fraction of sp³-hybridized carbons (Fsp3) is 0.529. The first-order valence-corrected chi connectivity index (χ1v) is 8.22. The number of morpholine rings is 1. The molecule has 0 saturated carbocycles. The van der Waals surface area contributed by atoms with Crippen LogP contribution in [0.5, 0.6) is 5.75 Å². The Morgan fingerprint density at radius 1 is 1.38 bits per heavy atom. The predicted octanol–water partition coefficient (Wildman–Crippen LogP) is 0.637. The Morgan fingerprint density at radius 2 is 2.17 bits per heavy atom. The average Bonchev–Trinajstić information content (AvgIpc) is 3.12. The molecule has 7 heteroatoms. The summed E-state index contributed by atoms with van der Waals surface area (Å²) in [6.45, 7) is 4.77. The molecule has 2 aliphatic rings. The van der Waals surface area contributed by atoms with E-state index in [-0.39, 0.29) is 5.91 Å². The van der Waals surface area contributed by atoms with Crippen molar-refractivity contribution < 1.29 is 19.1 Å². The molecular weight excluding hydrogens is 310 g/mol. The molecule has 2 aliphatic heterocycles. The number of hydrogen-bond donors (Lipinski definition) is 1. The monoisotopic (exact) mass is 333 g/mol. The molecule has 1 saturated heterocycles. The van der Waals surface area contributed by atoms with E-state index in [1.54, 1.807) is 7.11 Å². The number of ether oxygens (including phenoxy) is 2. The van der Waals surface area contributed by atoms with E-state index < -0.39 is 6.10 Å². The van der Waals surface area contributed by atoms with Gasteiger partial charge in [-0.1, -0.05) is 17.3 Å². The molecule has 1 aromatic rings. The lowest BCUT2D eigenvalue weighted by atomic mass is 10.0. The van der Waals surface area contributed by atoms with E-state index in [9.17, 15) is 4.79 Å². The van der Waals surface area contributed by atoms with Crippen LogP contribution >= 0.6 is 0 Å². The molecule has 0 unspecified atom stereocenters. The van der Waals surface area contributed by atoms with Crippen LogP contribution in [-0.2, 0) is 14.4 Å². The van der Waals surface area contributed by atoms with Crippen molar-refractivity contribution in [2.24, 2.45) is 5.16 Å². The van der Waals surface area contributed by atoms with Gasteiger partial charge < -0.3 is 19.6 Å². The number of hydrogen-bond acceptors (Lipinski definition) is 6. The van der Waals surface area contributed by atoms with Crippen molar-refractivity contribution in [1.29, 1.82) is 0 Å². The Morgan fingerprint density at radius 3 is 2.96 bits per heavy atom. The zero-order chi connectivity index (χ0) is 16.8. The van der Waals surface area contributed by atoms with Crippen molar-refractivity contribution in [3.05, 3.63) is 29.8 Å². The van der Waals surface area contributed by atoms with Crippen LogP contribution in [0.15, 0.2) is 29.4 Å². The summed E-state index contributed by atoms with van der Waals surface area (Å²) >= 11 is 0. The van der Waals surface area contributed by atoms with Crippen LogP contribution in [0.3, 0.4) is 0 Å². The third-order valence-electron chi connectivity index (χ3n) is 4.21. The summed E-state index contributed by atoms with van der Waals surface area (Å²) in [4.78, 5) is 19.8. The summed E-state index contributed by atoms with van der Waals surface area (Å²) in [5.41, 5.74) is 1.60. The Labute approximate surface area is 141 Å². The van der Waals surface area contributed by atoms with Crippen molar-refractivity contribution >= 4 is 11.6 Å². The third kappa shape index (κ3) is 4.04. The minimum absolute atomic E-state index is 0.128. The Balaban J connectivity index is 1.46. The lowest BCUT2D eigenvalue weighted by molar-refractivity contribution is -0.131. The number of nitrogens with zero attached hydrogens (tertiary/aromatic N) is 2. The van der Waals surface area contributed by atoms with E-state index in [0.29, 0.717) is 13.0 Å². The smallest absolute Gasteiger partial charge is 0.264 e. The maximum absolute atomic E-state index is 12.2. The van der Waals surface area contributed by atoms with E-state index in [1.807, 2.05) is 24.3 Å². The van der Waals surface area contributed by atoms with Crippen LogP contribution in [0.25, 0.3) is 0 Å². The molecule has 0 bridgehead atoms. The van der Waals surface area contributed by atoms with Gasteiger partial charge in [-0.2, -0.15) is 0 Å². The summed E-state index contributed by atoms with van der Waals surface area (Å²) in [7, 11) is 1.62. The van der Waals surface area contributed by atoms with Crippen LogP contribution < -0.4 is 10.1 Å². The van der Waals surface area contributed by atoms with Crippen LogP contribution in [-0.4, -0.2) is 69.1 Å². The van der Waals surface area contributed by atoms with Crippen molar-refractivity contribution in [3.8, 4) is 5.75 Å². The number of nitrogens with one attached hydrogen (secondary N) is 1. The lowest BCUT2D eigenvalue weighted by Crippen LogP contribution is -2.43. The predicted molar refractivity (Wildman–Crippen MR) is 89.3 cm³/mol. The SMILES string of the molecule is COc1ccccc1C1=NO[C@H](C(=O)NCCN2CCOCC2)C1. The lowest BCUT2D eigenvalue weighted by Gasteiger charge is -2.26. The molecule has 1 atom stereocenters. The van der Waals surface area contributed by atoms with Gasteiger partial charge >= 0.3 is 0 Å². The van der Waals surface area contributed by atoms with Crippen molar-refractivity contribution in [2.45, 2.75) is 12.5 Å². The van der Waals surface area contributed by atoms with Crippen molar-refractivity contribution in [1.82, 2.24) is 10.2 Å². The number of benzene rings is 1. The van der Waals surface area contributed by atoms with E-state index in [2.05, 4.69) is 15.4 Å². The molecule has 1 amide bonds. The summed E-state index contributed by atoms with van der Waals surface area (Å²) in [6.07, 6.45) is -0.126. The topological polar surface area (TPSA) is 72.4 Å². The van der Waals surface area contributed by atoms with Gasteiger partial charge in [0.05, 0.1) is 26.0 Å². The summed E-state index contributed by atoms with van der Waals surface area (Å²) in [5.74, 6) is 0.602. The van der Waals surface area contributed by atoms with Gasteiger partial charge in [0.2, 0.25) is 6.10 Å². The minimum atomic E-state index is -0.574. The van der Waals surface area contributed by atoms with E-state index in [4.69, 9.17) is 14.3 Å². The summed E-state index contributed by atoms with van der Waals surface area (Å²) in [6, 6.07) is 7.60. The van der Waals surface area contributed by atoms with Gasteiger partial charge in [0.25, 0.3) is 5.91 Å². The second-order valence-corrected chi connectivity index (χ2v) is 5.78. The van der Waals surface area contributed by atoms with Gasteiger partial charge in [0, 0.05) is 38.2 Å². The fourth-order valence-electron chi connectivity index (χ4n) is 2.84. The van der Waals surface area contributed by atoms with Crippen LogP contribution in [0.2, 0.25) is 0 Å². The van der Waals surface area contributed by atoms with Crippen LogP contribution in [0.1, 0.15) is 12.0 Å². The maximum atomic E-state index is 12.2. The molecule has 1 fully saturated rings. The quantitative estimate of drug-likeness (QED) is 0.827. The molecule has 0 radical (unpaired) electrons. The van der Waals surface area contributed by atoms with E-state index >= 15 is 0 Å². The highest BCUT2D eigenvalue weighted by Crippen LogP contribution is 2.24. The molecule has 0 aromatic heterocycles. The first-order chi connectivity index (χ1) is 11.8. The van der Waals surface area contributed by atoms with E-state index in [1.165, 1.54) is 0 Å². The highest BCUT2D eigenvalue weighted by molar-refractivity contribution is 6.05. The molecule has 3 rings (SSSR count). The fourth-order valence-corrected chi connectivity index (χ4v) is 2.84. The molecule has 1 N–H and O–H groups in total. The highest BCUT2D eigenvalue weighted by Gasteiger charge is 2.29. The first kappa shape index (κ1) is 16.7. The Bertz CT molecular complexity index is 599. The number of methoxy groups -OCH3 is 1. The van der Waals surface area contributed by atoms with Crippen LogP contribution in [0, 0.1) is 0 Å². The molecular formula is C17H23N3O4. The molecule has 24 heavy (non-hydrogen) atoms. The van der Waals surface area contributed by atoms with Gasteiger partial charge in [-0.3, -0.25) is 9.69 Å². The minimum Gasteiger partial charge on any atom is -0.496 e. The van der Waals surface area contributed by atoms with Crippen molar-refractivity contribution in [2.75, 3.05) is 46.5 Å². The molecule has 7 nitrogen and oxygen atoms in total. The number of para-hydroxylation sites is 1. The number of rotatable bonds is 6. The first-order valence-electron chi connectivity index (χ1n) is 8.22. The number of carbonyl (C=O) groups excluding carboxylic acids is 1. The van der Waals surface area contributed by atoms with Gasteiger partial charge in [-0.15, -0.1) is 0 Å². The third-order valence-corrected chi connectivity index (χ3v) is 4.21. The van der Waals surface area contributed by atoms with Crippen molar-refractivity contribution in [3.63, 3.8) is 0 Å². The zero-order valence-corrected chi connectivity index (χ0v) is 13.9. The second-order valence-electron chi connectivity index (χ2n) is 5.78. The second kappa shape index (κ2) is 8.12. The average molecular weight is 333 g/mol. The largest absolute Gasteiger partial charge is 0.496 e. The molecule has 1 aromatic carbocycles. The zero-order valence-electron chi connectivity index (χ0n) is 13.9. The normalized spacial score (nSPS) is 21.0. The Hall–Kier alpha value is -2.12. The number of carbonyl (C=O) groups is 1. The molecule has 0 spiro atoms. The molecule has 0 aliphatic carbocycles. The summed E-state index contributed by atoms with van der Waals surface area (Å²) < 4.78 is 10.6. The molecule has 2 heterocycles. The standard InChI is InChI=1S/C17H23N3O4/c1-22-15-5-3-2-4-13(15)14-12-16(24-19-14)17(21)18-6-7-20-8-10-23-11-9-20/h2-5,16H,6-12H2,1H3,(H,18,21)/t16-/m0/s1. The van der Waals surface area contributed by atoms with Crippen LogP contribution in [0.4, 0.5) is 0 Å². The van der Waals surface area contributed by atoms with Gasteiger partial charge in [-0.25, -0.2) is 0 Å².